The maximum Gasteiger partial charge on any atom is 0.159 e. The molecule has 0 aromatic carbocycles. The minimum atomic E-state index is 0.0561. The molecule has 0 radical (unpaired) electrons. The summed E-state index contributed by atoms with van der Waals surface area (Å²) in [4.78, 5) is 13.3. The number of aliphatic hydroxyl groups excluding tert-OH is 1. The van der Waals surface area contributed by atoms with Gasteiger partial charge in [-0.25, -0.2) is 0 Å². The Labute approximate surface area is 89.4 Å². The van der Waals surface area contributed by atoms with Gasteiger partial charge in [-0.3, -0.25) is 4.79 Å². The minimum Gasteiger partial charge on any atom is -0.390 e. The van der Waals surface area contributed by atoms with Gasteiger partial charge in [0.25, 0.3) is 0 Å². The van der Waals surface area contributed by atoms with E-state index in [1.165, 1.54) is 0 Å². The highest BCUT2D eigenvalue weighted by Gasteiger charge is 2.30. The summed E-state index contributed by atoms with van der Waals surface area (Å²) in [6, 6.07) is 0.259. The van der Waals surface area contributed by atoms with Crippen molar-refractivity contribution >= 4 is 5.78 Å². The molecule has 0 aromatic rings. The highest BCUT2D eigenvalue weighted by atomic mass is 16.3. The largest absolute Gasteiger partial charge is 0.390 e. The first-order valence-corrected chi connectivity index (χ1v) is 5.09. The molecule has 0 spiro atoms. The molecule has 1 N–H and O–H groups in total. The van der Waals surface area contributed by atoms with Crippen LogP contribution < -0.4 is 0 Å². The summed E-state index contributed by atoms with van der Waals surface area (Å²) in [5.74, 6) is 0.319. The molecule has 1 heterocycles. The van der Waals surface area contributed by atoms with E-state index in [1.807, 2.05) is 31.4 Å². The van der Waals surface area contributed by atoms with Crippen LogP contribution in [0.15, 0.2) is 35.6 Å². The molecule has 3 heteroatoms. The lowest BCUT2D eigenvalue weighted by Crippen LogP contribution is -2.30. The van der Waals surface area contributed by atoms with E-state index in [0.717, 1.165) is 11.3 Å². The fraction of sp³-hybridized carbons (Fsp3) is 0.417. The van der Waals surface area contributed by atoms with E-state index in [0.29, 0.717) is 0 Å². The Hall–Kier alpha value is -1.35. The molecule has 0 saturated carbocycles. The van der Waals surface area contributed by atoms with Crippen molar-refractivity contribution in [1.29, 1.82) is 0 Å². The summed E-state index contributed by atoms with van der Waals surface area (Å²) in [5, 5.41) is 9.14. The van der Waals surface area contributed by atoms with E-state index in [4.69, 9.17) is 5.11 Å². The number of hydrogen-bond donors (Lipinski definition) is 1. The number of nitrogens with zero attached hydrogens (tertiary/aromatic N) is 1. The molecule has 80 valence electrons. The zero-order chi connectivity index (χ0) is 11.0. The Morgan fingerprint density at radius 2 is 2.27 bits per heavy atom. The number of carbonyl (C=O) groups excluding carboxylic acids is 1. The van der Waals surface area contributed by atoms with Gasteiger partial charge in [0.1, 0.15) is 0 Å². The van der Waals surface area contributed by atoms with E-state index < -0.39 is 0 Å². The Bertz CT molecular complexity index is 379. The van der Waals surface area contributed by atoms with Crippen LogP contribution in [0, 0.1) is 5.92 Å². The van der Waals surface area contributed by atoms with Crippen LogP contribution in [0.2, 0.25) is 0 Å². The third kappa shape index (κ3) is 1.63. The number of likely N-dealkylation sites (N-methyl/N-ethyl adjacent to an activating group) is 1. The van der Waals surface area contributed by atoms with Crippen molar-refractivity contribution in [2.75, 3.05) is 13.7 Å². The Morgan fingerprint density at radius 3 is 2.87 bits per heavy atom. The van der Waals surface area contributed by atoms with Crippen molar-refractivity contribution in [3.63, 3.8) is 0 Å². The maximum atomic E-state index is 11.2. The zero-order valence-corrected chi connectivity index (χ0v) is 8.97. The van der Waals surface area contributed by atoms with Crippen LogP contribution in [0.4, 0.5) is 0 Å². The predicted octanol–water partition coefficient (Wildman–Crippen LogP) is 0.878. The molecule has 2 aliphatic rings. The Morgan fingerprint density at radius 1 is 1.53 bits per heavy atom. The van der Waals surface area contributed by atoms with Crippen LogP contribution in [-0.2, 0) is 4.79 Å². The molecule has 0 saturated heterocycles. The minimum absolute atomic E-state index is 0.0561. The average Bonchev–Trinajstić information content (AvgIpc) is 2.55. The number of Topliss-reactive ketones (excluding diaryl/α,β-unsaturated/α-hetero) is 1. The molecular weight excluding hydrogens is 190 g/mol. The summed E-state index contributed by atoms with van der Waals surface area (Å²) in [6.45, 7) is 1.63. The lowest BCUT2D eigenvalue weighted by atomic mass is 9.92. The third-order valence-electron chi connectivity index (χ3n) is 3.09. The molecule has 1 aliphatic heterocycles. The van der Waals surface area contributed by atoms with Crippen LogP contribution in [0.1, 0.15) is 6.92 Å². The molecule has 15 heavy (non-hydrogen) atoms. The van der Waals surface area contributed by atoms with Crippen LogP contribution >= 0.6 is 0 Å². The number of hydrogen-bond acceptors (Lipinski definition) is 3. The van der Waals surface area contributed by atoms with Gasteiger partial charge in [0.05, 0.1) is 12.6 Å². The van der Waals surface area contributed by atoms with Crippen molar-refractivity contribution in [2.45, 2.75) is 13.0 Å². The van der Waals surface area contributed by atoms with Crippen LogP contribution in [0.25, 0.3) is 0 Å². The number of allylic oxidation sites excluding steroid dienone is 2. The first kappa shape index (κ1) is 10.2. The smallest absolute Gasteiger partial charge is 0.159 e. The SMILES string of the molecule is CC(=O)C1=CC2C=C(CO)N(C)C2C=C1. The van der Waals surface area contributed by atoms with Crippen LogP contribution in [0.3, 0.4) is 0 Å². The first-order chi connectivity index (χ1) is 7.13. The first-order valence-electron chi connectivity index (χ1n) is 5.09. The summed E-state index contributed by atoms with van der Waals surface area (Å²) in [7, 11) is 1.96. The monoisotopic (exact) mass is 205 g/mol. The van der Waals surface area contributed by atoms with Gasteiger partial charge in [-0.2, -0.15) is 0 Å². The van der Waals surface area contributed by atoms with Gasteiger partial charge in [0.15, 0.2) is 5.78 Å². The number of aliphatic hydroxyl groups is 1. The van der Waals surface area contributed by atoms with E-state index in [-0.39, 0.29) is 24.3 Å². The zero-order valence-electron chi connectivity index (χ0n) is 8.97. The Balaban J connectivity index is 2.27. The number of fused-ring (bicyclic) bond motifs is 1. The van der Waals surface area contributed by atoms with Gasteiger partial charge < -0.3 is 10.0 Å². The van der Waals surface area contributed by atoms with Crippen molar-refractivity contribution < 1.29 is 9.90 Å². The number of rotatable bonds is 2. The van der Waals surface area contributed by atoms with Crippen LogP contribution in [0.5, 0.6) is 0 Å². The molecule has 1 aliphatic carbocycles. The lowest BCUT2D eigenvalue weighted by molar-refractivity contribution is -0.113. The van der Waals surface area contributed by atoms with Gasteiger partial charge in [0.2, 0.25) is 0 Å². The number of ketones is 1. The molecule has 2 atom stereocenters. The van der Waals surface area contributed by atoms with Gasteiger partial charge in [-0.15, -0.1) is 0 Å². The third-order valence-corrected chi connectivity index (χ3v) is 3.09. The quantitative estimate of drug-likeness (QED) is 0.727. The van der Waals surface area contributed by atoms with E-state index in [1.54, 1.807) is 6.92 Å². The molecule has 0 amide bonds. The highest BCUT2D eigenvalue weighted by molar-refractivity contribution is 5.96. The standard InChI is InChI=1S/C12H15NO2/c1-8(15)9-3-4-12-10(5-9)6-11(7-14)13(12)2/h3-6,10,12,14H,7H2,1-2H3. The Kier molecular flexibility index (Phi) is 2.49. The second-order valence-electron chi connectivity index (χ2n) is 4.03. The molecule has 2 unspecified atom stereocenters. The average molecular weight is 205 g/mol. The number of carbonyl (C=O) groups is 1. The van der Waals surface area contributed by atoms with Crippen LogP contribution in [-0.4, -0.2) is 35.5 Å². The van der Waals surface area contributed by atoms with Crippen molar-refractivity contribution in [1.82, 2.24) is 4.90 Å². The second-order valence-corrected chi connectivity index (χ2v) is 4.03. The van der Waals surface area contributed by atoms with E-state index >= 15 is 0 Å². The summed E-state index contributed by atoms with van der Waals surface area (Å²) >= 11 is 0. The topological polar surface area (TPSA) is 40.5 Å². The van der Waals surface area contributed by atoms with Gasteiger partial charge >= 0.3 is 0 Å². The normalized spacial score (nSPS) is 28.6. The van der Waals surface area contributed by atoms with E-state index in [2.05, 4.69) is 4.90 Å². The maximum absolute atomic E-state index is 11.2. The van der Waals surface area contributed by atoms with E-state index in [9.17, 15) is 4.79 Å². The molecule has 0 bridgehead atoms. The van der Waals surface area contributed by atoms with Crippen molar-refractivity contribution in [3.05, 3.63) is 35.6 Å². The molecular formula is C12H15NO2. The highest BCUT2D eigenvalue weighted by Crippen LogP contribution is 2.31. The molecule has 2 rings (SSSR count). The molecule has 0 aromatic heterocycles. The molecule has 3 nitrogen and oxygen atoms in total. The predicted molar refractivity (Wildman–Crippen MR) is 58.1 cm³/mol. The summed E-state index contributed by atoms with van der Waals surface area (Å²) in [5.41, 5.74) is 1.69. The summed E-state index contributed by atoms with van der Waals surface area (Å²) < 4.78 is 0. The van der Waals surface area contributed by atoms with Gasteiger partial charge in [0, 0.05) is 24.2 Å². The second kappa shape index (κ2) is 3.66. The van der Waals surface area contributed by atoms with Gasteiger partial charge in [-0.1, -0.05) is 24.3 Å². The fourth-order valence-electron chi connectivity index (χ4n) is 2.16. The molecule has 0 fully saturated rings. The lowest BCUT2D eigenvalue weighted by Gasteiger charge is -2.26. The van der Waals surface area contributed by atoms with Gasteiger partial charge in [-0.05, 0) is 6.92 Å². The fourth-order valence-corrected chi connectivity index (χ4v) is 2.16. The van der Waals surface area contributed by atoms with Crippen molar-refractivity contribution in [3.8, 4) is 0 Å². The summed E-state index contributed by atoms with van der Waals surface area (Å²) in [6.07, 6.45) is 7.90. The van der Waals surface area contributed by atoms with Crippen molar-refractivity contribution in [2.24, 2.45) is 5.92 Å².